The topological polar surface area (TPSA) is 64.7 Å². The maximum Gasteiger partial charge on any atom is 0.416 e. The molecule has 0 spiro atoms. The lowest BCUT2D eigenvalue weighted by Crippen LogP contribution is -2.48. The molecule has 0 radical (unpaired) electrons. The molecule has 188 valence electrons. The normalized spacial score (nSPS) is 16.9. The quantitative estimate of drug-likeness (QED) is 0.527. The van der Waals surface area contributed by atoms with Crippen molar-refractivity contribution in [1.29, 1.82) is 0 Å². The summed E-state index contributed by atoms with van der Waals surface area (Å²) in [6.45, 7) is 2.89. The maximum absolute atomic E-state index is 12.8. The van der Waals surface area contributed by atoms with E-state index in [1.54, 1.807) is 12.1 Å². The molecule has 3 amide bonds. The first kappa shape index (κ1) is 24.9. The fourth-order valence-corrected chi connectivity index (χ4v) is 4.82. The van der Waals surface area contributed by atoms with E-state index in [0.717, 1.165) is 43.2 Å². The second kappa shape index (κ2) is 11.0. The molecule has 35 heavy (non-hydrogen) atoms. The third-order valence-electron chi connectivity index (χ3n) is 6.81. The van der Waals surface area contributed by atoms with E-state index in [4.69, 9.17) is 0 Å². The zero-order valence-electron chi connectivity index (χ0n) is 19.6. The Hall–Kier alpha value is -3.23. The molecule has 6 nitrogen and oxygen atoms in total. The third-order valence-corrected chi connectivity index (χ3v) is 6.81. The van der Waals surface area contributed by atoms with Gasteiger partial charge in [-0.25, -0.2) is 4.79 Å². The van der Waals surface area contributed by atoms with Crippen LogP contribution in [-0.4, -0.2) is 43.0 Å². The molecule has 0 bridgehead atoms. The molecule has 2 aromatic carbocycles. The van der Waals surface area contributed by atoms with Crippen molar-refractivity contribution in [3.63, 3.8) is 0 Å². The summed E-state index contributed by atoms with van der Waals surface area (Å²) < 4.78 is 38.5. The van der Waals surface area contributed by atoms with Crippen LogP contribution in [0.4, 0.5) is 35.0 Å². The highest BCUT2D eigenvalue weighted by Gasteiger charge is 2.30. The fourth-order valence-electron chi connectivity index (χ4n) is 4.82. The minimum absolute atomic E-state index is 0.0598. The lowest BCUT2D eigenvalue weighted by Gasteiger charge is -2.36. The summed E-state index contributed by atoms with van der Waals surface area (Å²) in [5, 5.41) is 5.06. The van der Waals surface area contributed by atoms with Gasteiger partial charge in [-0.1, -0.05) is 31.7 Å². The second-order valence-corrected chi connectivity index (χ2v) is 9.26. The number of nitrogens with zero attached hydrogens (tertiary/aromatic N) is 2. The van der Waals surface area contributed by atoms with E-state index < -0.39 is 17.8 Å². The fraction of sp³-hybridized carbons (Fsp3) is 0.462. The number of anilines is 3. The standard InChI is InChI=1S/C26H31F3N4O2/c27-26(28,29)20-6-3-7-22(18-20)31-25(35)30-21-9-11-23(12-10-21)32-14-16-33(17-15-32)24(34)13-8-19-4-1-2-5-19/h3,6-7,9-12,18-19H,1-2,4-5,8,13-17H2,(H2,30,31,35). The summed E-state index contributed by atoms with van der Waals surface area (Å²) in [6.07, 6.45) is 2.30. The minimum atomic E-state index is -4.47. The lowest BCUT2D eigenvalue weighted by molar-refractivity contribution is -0.137. The van der Waals surface area contributed by atoms with E-state index in [2.05, 4.69) is 15.5 Å². The van der Waals surface area contributed by atoms with Crippen molar-refractivity contribution in [3.8, 4) is 0 Å². The molecule has 4 rings (SSSR count). The number of amides is 3. The molecule has 9 heteroatoms. The molecule has 1 aliphatic heterocycles. The summed E-state index contributed by atoms with van der Waals surface area (Å²) in [4.78, 5) is 28.9. The van der Waals surface area contributed by atoms with Crippen molar-refractivity contribution in [3.05, 3.63) is 54.1 Å². The number of carbonyl (C=O) groups excluding carboxylic acids is 2. The van der Waals surface area contributed by atoms with E-state index in [9.17, 15) is 22.8 Å². The number of piperazine rings is 1. The summed E-state index contributed by atoms with van der Waals surface area (Å²) in [7, 11) is 0. The molecule has 2 aliphatic rings. The Bertz CT molecular complexity index is 1010. The number of alkyl halides is 3. The smallest absolute Gasteiger partial charge is 0.368 e. The highest BCUT2D eigenvalue weighted by atomic mass is 19.4. The van der Waals surface area contributed by atoms with Crippen molar-refractivity contribution in [2.45, 2.75) is 44.7 Å². The van der Waals surface area contributed by atoms with Crippen LogP contribution < -0.4 is 15.5 Å². The molecule has 1 heterocycles. The first-order valence-electron chi connectivity index (χ1n) is 12.2. The number of rotatable bonds is 6. The van der Waals surface area contributed by atoms with Crippen LogP contribution in [0.5, 0.6) is 0 Å². The zero-order valence-corrected chi connectivity index (χ0v) is 19.6. The Morgan fingerprint density at radius 3 is 2.20 bits per heavy atom. The Balaban J connectivity index is 1.23. The predicted molar refractivity (Wildman–Crippen MR) is 131 cm³/mol. The molecule has 0 atom stereocenters. The molecule has 0 aromatic heterocycles. The number of carbonyl (C=O) groups is 2. The number of urea groups is 1. The van der Waals surface area contributed by atoms with Gasteiger partial charge >= 0.3 is 12.2 Å². The Labute approximate surface area is 203 Å². The van der Waals surface area contributed by atoms with Crippen LogP contribution in [0.15, 0.2) is 48.5 Å². The van der Waals surface area contributed by atoms with E-state index >= 15 is 0 Å². The van der Waals surface area contributed by atoms with Gasteiger partial charge in [0.1, 0.15) is 0 Å². The second-order valence-electron chi connectivity index (χ2n) is 9.26. The van der Waals surface area contributed by atoms with Gasteiger partial charge < -0.3 is 20.4 Å². The molecule has 1 saturated carbocycles. The number of hydrogen-bond donors (Lipinski definition) is 2. The van der Waals surface area contributed by atoms with Gasteiger partial charge in [0, 0.05) is 49.7 Å². The number of nitrogens with one attached hydrogen (secondary N) is 2. The molecule has 2 aromatic rings. The summed E-state index contributed by atoms with van der Waals surface area (Å²) in [6, 6.07) is 11.1. The third kappa shape index (κ3) is 6.90. The molecule has 1 aliphatic carbocycles. The van der Waals surface area contributed by atoms with Crippen LogP contribution in [0.25, 0.3) is 0 Å². The Kier molecular flexibility index (Phi) is 7.83. The van der Waals surface area contributed by atoms with Crippen LogP contribution in [0.2, 0.25) is 0 Å². The summed E-state index contributed by atoms with van der Waals surface area (Å²) in [5.74, 6) is 0.974. The van der Waals surface area contributed by atoms with Gasteiger partial charge in [0.2, 0.25) is 5.91 Å². The summed E-state index contributed by atoms with van der Waals surface area (Å²) in [5.41, 5.74) is 0.755. The monoisotopic (exact) mass is 488 g/mol. The van der Waals surface area contributed by atoms with E-state index in [0.29, 0.717) is 25.2 Å². The van der Waals surface area contributed by atoms with Gasteiger partial charge in [0.15, 0.2) is 0 Å². The van der Waals surface area contributed by atoms with E-state index in [-0.39, 0.29) is 11.6 Å². The average molecular weight is 489 g/mol. The number of hydrogen-bond acceptors (Lipinski definition) is 3. The van der Waals surface area contributed by atoms with Crippen LogP contribution in [0.3, 0.4) is 0 Å². The largest absolute Gasteiger partial charge is 0.416 e. The van der Waals surface area contributed by atoms with Gasteiger partial charge in [-0.2, -0.15) is 13.2 Å². The van der Waals surface area contributed by atoms with Gasteiger partial charge in [-0.15, -0.1) is 0 Å². The van der Waals surface area contributed by atoms with Crippen LogP contribution in [0, 0.1) is 5.92 Å². The van der Waals surface area contributed by atoms with Gasteiger partial charge in [-0.05, 0) is 54.8 Å². The molecule has 2 N–H and O–H groups in total. The molecule has 2 fully saturated rings. The summed E-state index contributed by atoms with van der Waals surface area (Å²) >= 11 is 0. The van der Waals surface area contributed by atoms with Crippen LogP contribution in [-0.2, 0) is 11.0 Å². The first-order chi connectivity index (χ1) is 16.8. The van der Waals surface area contributed by atoms with Gasteiger partial charge in [-0.3, -0.25) is 4.79 Å². The minimum Gasteiger partial charge on any atom is -0.368 e. The van der Waals surface area contributed by atoms with Crippen molar-refractivity contribution in [2.75, 3.05) is 41.7 Å². The molecular weight excluding hydrogens is 457 g/mol. The van der Waals surface area contributed by atoms with Crippen molar-refractivity contribution in [1.82, 2.24) is 4.90 Å². The van der Waals surface area contributed by atoms with Gasteiger partial charge in [0.05, 0.1) is 5.56 Å². The highest BCUT2D eigenvalue weighted by molar-refractivity contribution is 5.99. The Morgan fingerprint density at radius 1 is 0.886 bits per heavy atom. The first-order valence-corrected chi connectivity index (χ1v) is 12.2. The highest BCUT2D eigenvalue weighted by Crippen LogP contribution is 2.31. The van der Waals surface area contributed by atoms with Crippen molar-refractivity contribution >= 4 is 29.0 Å². The van der Waals surface area contributed by atoms with E-state index in [1.165, 1.54) is 37.8 Å². The lowest BCUT2D eigenvalue weighted by atomic mass is 10.0. The molecular formula is C26H31F3N4O2. The molecule has 0 unspecified atom stereocenters. The number of halogens is 3. The van der Waals surface area contributed by atoms with E-state index in [1.807, 2.05) is 17.0 Å². The SMILES string of the molecule is O=C(Nc1ccc(N2CCN(C(=O)CCC3CCCC3)CC2)cc1)Nc1cccc(C(F)(F)F)c1. The van der Waals surface area contributed by atoms with Crippen molar-refractivity contribution < 1.29 is 22.8 Å². The predicted octanol–water partition coefficient (Wildman–Crippen LogP) is 5.97. The van der Waals surface area contributed by atoms with Crippen LogP contribution in [0.1, 0.15) is 44.1 Å². The average Bonchev–Trinajstić information content (AvgIpc) is 3.36. The van der Waals surface area contributed by atoms with Crippen LogP contribution >= 0.6 is 0 Å². The zero-order chi connectivity index (χ0) is 24.8. The molecule has 1 saturated heterocycles. The van der Waals surface area contributed by atoms with Crippen molar-refractivity contribution in [2.24, 2.45) is 5.92 Å². The Morgan fingerprint density at radius 2 is 1.54 bits per heavy atom. The van der Waals surface area contributed by atoms with Gasteiger partial charge in [0.25, 0.3) is 0 Å². The maximum atomic E-state index is 12.8. The number of benzene rings is 2.